The standard InChI is InChI=1S/C12H19N5O/c1-7-9(8(2)17(6)15-7)13-11-14-10(18-16-11)12(3,4)5/h1-6H3,(H,13,16). The van der Waals surface area contributed by atoms with E-state index < -0.39 is 0 Å². The fourth-order valence-electron chi connectivity index (χ4n) is 1.65. The van der Waals surface area contributed by atoms with Crippen LogP contribution in [0.5, 0.6) is 0 Å². The van der Waals surface area contributed by atoms with Gasteiger partial charge in [-0.15, -0.1) is 0 Å². The largest absolute Gasteiger partial charge is 0.337 e. The number of aromatic nitrogens is 4. The number of hydrogen-bond acceptors (Lipinski definition) is 5. The average Bonchev–Trinajstić information content (AvgIpc) is 2.80. The van der Waals surface area contributed by atoms with Crippen molar-refractivity contribution in [2.24, 2.45) is 7.05 Å². The molecule has 0 aliphatic rings. The number of nitrogens with one attached hydrogen (secondary N) is 1. The van der Waals surface area contributed by atoms with Gasteiger partial charge in [-0.25, -0.2) is 0 Å². The summed E-state index contributed by atoms with van der Waals surface area (Å²) in [7, 11) is 1.91. The van der Waals surface area contributed by atoms with Crippen molar-refractivity contribution < 1.29 is 4.52 Å². The van der Waals surface area contributed by atoms with Crippen molar-refractivity contribution in [3.8, 4) is 0 Å². The Morgan fingerprint density at radius 3 is 2.33 bits per heavy atom. The van der Waals surface area contributed by atoms with Gasteiger partial charge in [0.1, 0.15) is 0 Å². The van der Waals surface area contributed by atoms with E-state index in [1.165, 1.54) is 0 Å². The lowest BCUT2D eigenvalue weighted by Crippen LogP contribution is -2.11. The summed E-state index contributed by atoms with van der Waals surface area (Å²) in [5, 5.41) is 11.4. The highest BCUT2D eigenvalue weighted by Gasteiger charge is 2.22. The molecule has 0 spiro atoms. The Kier molecular flexibility index (Phi) is 2.88. The van der Waals surface area contributed by atoms with E-state index in [1.54, 1.807) is 0 Å². The van der Waals surface area contributed by atoms with Crippen LogP contribution in [0.25, 0.3) is 0 Å². The molecule has 0 saturated carbocycles. The monoisotopic (exact) mass is 249 g/mol. The molecule has 2 aromatic rings. The molecule has 2 rings (SSSR count). The molecule has 0 bridgehead atoms. The zero-order valence-electron chi connectivity index (χ0n) is 11.7. The third-order valence-corrected chi connectivity index (χ3v) is 2.81. The highest BCUT2D eigenvalue weighted by atomic mass is 16.5. The van der Waals surface area contributed by atoms with Crippen LogP contribution in [0.1, 0.15) is 38.0 Å². The predicted molar refractivity (Wildman–Crippen MR) is 69.0 cm³/mol. The Morgan fingerprint density at radius 2 is 1.89 bits per heavy atom. The minimum absolute atomic E-state index is 0.147. The summed E-state index contributed by atoms with van der Waals surface area (Å²) in [5.41, 5.74) is 2.73. The number of rotatable bonds is 2. The van der Waals surface area contributed by atoms with Crippen LogP contribution in [0.15, 0.2) is 4.52 Å². The van der Waals surface area contributed by atoms with Crippen molar-refractivity contribution in [2.45, 2.75) is 40.0 Å². The van der Waals surface area contributed by atoms with Gasteiger partial charge in [0, 0.05) is 12.5 Å². The van der Waals surface area contributed by atoms with Gasteiger partial charge >= 0.3 is 0 Å². The quantitative estimate of drug-likeness (QED) is 0.885. The average molecular weight is 249 g/mol. The normalized spacial score (nSPS) is 11.9. The van der Waals surface area contributed by atoms with Gasteiger partial charge in [-0.1, -0.05) is 20.8 Å². The van der Waals surface area contributed by atoms with Crippen LogP contribution in [0.4, 0.5) is 11.6 Å². The van der Waals surface area contributed by atoms with Crippen molar-refractivity contribution in [2.75, 3.05) is 5.32 Å². The molecule has 2 heterocycles. The van der Waals surface area contributed by atoms with E-state index in [1.807, 2.05) is 46.3 Å². The molecular formula is C12H19N5O. The maximum atomic E-state index is 5.24. The minimum Gasteiger partial charge on any atom is -0.337 e. The molecule has 0 atom stereocenters. The molecule has 0 amide bonds. The predicted octanol–water partition coefficient (Wildman–Crippen LogP) is 2.46. The Bertz CT molecular complexity index is 562. The second-order valence-corrected chi connectivity index (χ2v) is 5.47. The zero-order valence-corrected chi connectivity index (χ0v) is 11.7. The van der Waals surface area contributed by atoms with Crippen molar-refractivity contribution in [3.05, 3.63) is 17.3 Å². The van der Waals surface area contributed by atoms with Crippen molar-refractivity contribution >= 4 is 11.6 Å². The lowest BCUT2D eigenvalue weighted by atomic mass is 9.97. The number of hydrogen-bond donors (Lipinski definition) is 1. The summed E-state index contributed by atoms with van der Waals surface area (Å²) < 4.78 is 7.06. The number of aryl methyl sites for hydroxylation is 2. The highest BCUT2D eigenvalue weighted by Crippen LogP contribution is 2.25. The fourth-order valence-corrected chi connectivity index (χ4v) is 1.65. The first-order valence-electron chi connectivity index (χ1n) is 5.90. The molecule has 0 aliphatic carbocycles. The summed E-state index contributed by atoms with van der Waals surface area (Å²) in [6, 6.07) is 0. The van der Waals surface area contributed by atoms with Gasteiger partial charge in [0.05, 0.1) is 17.1 Å². The highest BCUT2D eigenvalue weighted by molar-refractivity contribution is 5.59. The molecule has 98 valence electrons. The van der Waals surface area contributed by atoms with Gasteiger partial charge in [-0.05, 0) is 19.0 Å². The fraction of sp³-hybridized carbons (Fsp3) is 0.583. The third kappa shape index (κ3) is 2.23. The molecule has 6 heteroatoms. The number of anilines is 2. The van der Waals surface area contributed by atoms with E-state index in [4.69, 9.17) is 4.52 Å². The molecule has 0 aliphatic heterocycles. The van der Waals surface area contributed by atoms with E-state index in [0.29, 0.717) is 11.8 Å². The van der Waals surface area contributed by atoms with Gasteiger partial charge in [-0.3, -0.25) is 4.68 Å². The zero-order chi connectivity index (χ0) is 13.5. The van der Waals surface area contributed by atoms with Gasteiger partial charge in [0.2, 0.25) is 5.89 Å². The van der Waals surface area contributed by atoms with Gasteiger partial charge in [0.25, 0.3) is 5.95 Å². The second-order valence-electron chi connectivity index (χ2n) is 5.47. The molecule has 18 heavy (non-hydrogen) atoms. The first-order valence-corrected chi connectivity index (χ1v) is 5.90. The smallest absolute Gasteiger partial charge is 0.268 e. The van der Waals surface area contributed by atoms with Crippen LogP contribution in [-0.4, -0.2) is 19.9 Å². The summed E-state index contributed by atoms with van der Waals surface area (Å²) >= 11 is 0. The van der Waals surface area contributed by atoms with Gasteiger partial charge in [0.15, 0.2) is 0 Å². The van der Waals surface area contributed by atoms with E-state index in [0.717, 1.165) is 17.1 Å². The lowest BCUT2D eigenvalue weighted by Gasteiger charge is -2.10. The summed E-state index contributed by atoms with van der Waals surface area (Å²) in [5.74, 6) is 1.09. The summed E-state index contributed by atoms with van der Waals surface area (Å²) in [4.78, 5) is 4.34. The molecule has 0 unspecified atom stereocenters. The molecule has 0 fully saturated rings. The molecule has 6 nitrogen and oxygen atoms in total. The van der Waals surface area contributed by atoms with Crippen molar-refractivity contribution in [1.29, 1.82) is 0 Å². The summed E-state index contributed by atoms with van der Waals surface area (Å²) in [6.45, 7) is 10.0. The van der Waals surface area contributed by atoms with Crippen LogP contribution in [0.3, 0.4) is 0 Å². The maximum absolute atomic E-state index is 5.24. The molecule has 0 radical (unpaired) electrons. The van der Waals surface area contributed by atoms with Crippen LogP contribution in [-0.2, 0) is 12.5 Å². The van der Waals surface area contributed by atoms with Crippen molar-refractivity contribution in [1.82, 2.24) is 19.9 Å². The van der Waals surface area contributed by atoms with Crippen LogP contribution < -0.4 is 5.32 Å². The molecule has 1 N–H and O–H groups in total. The molecule has 2 aromatic heterocycles. The maximum Gasteiger partial charge on any atom is 0.268 e. The number of nitrogens with zero attached hydrogens (tertiary/aromatic N) is 4. The first-order chi connectivity index (χ1) is 8.29. The molecule has 0 saturated heterocycles. The van der Waals surface area contributed by atoms with Crippen LogP contribution >= 0.6 is 0 Å². The molecule has 0 aromatic carbocycles. The topological polar surface area (TPSA) is 68.8 Å². The Hall–Kier alpha value is -1.85. The van der Waals surface area contributed by atoms with Gasteiger partial charge in [-0.2, -0.15) is 10.1 Å². The van der Waals surface area contributed by atoms with Crippen LogP contribution in [0, 0.1) is 13.8 Å². The lowest BCUT2D eigenvalue weighted by molar-refractivity contribution is 0.321. The Labute approximate surface area is 106 Å². The van der Waals surface area contributed by atoms with Crippen molar-refractivity contribution in [3.63, 3.8) is 0 Å². The van der Waals surface area contributed by atoms with Gasteiger partial charge < -0.3 is 9.84 Å². The third-order valence-electron chi connectivity index (χ3n) is 2.81. The van der Waals surface area contributed by atoms with E-state index in [9.17, 15) is 0 Å². The first kappa shape index (κ1) is 12.6. The SMILES string of the molecule is Cc1nn(C)c(C)c1Nc1noc(C(C)(C)C)n1. The van der Waals surface area contributed by atoms with Crippen LogP contribution in [0.2, 0.25) is 0 Å². The Morgan fingerprint density at radius 1 is 1.22 bits per heavy atom. The summed E-state index contributed by atoms with van der Waals surface area (Å²) in [6.07, 6.45) is 0. The van der Waals surface area contributed by atoms with E-state index >= 15 is 0 Å². The van der Waals surface area contributed by atoms with E-state index in [-0.39, 0.29) is 5.41 Å². The minimum atomic E-state index is -0.147. The molecular weight excluding hydrogens is 230 g/mol. The second kappa shape index (κ2) is 4.12. The van der Waals surface area contributed by atoms with E-state index in [2.05, 4.69) is 20.6 Å². The Balaban J connectivity index is 2.27.